The van der Waals surface area contributed by atoms with Crippen molar-refractivity contribution in [1.29, 1.82) is 0 Å². The van der Waals surface area contributed by atoms with Crippen molar-refractivity contribution in [2.75, 3.05) is 39.8 Å². The van der Waals surface area contributed by atoms with Gasteiger partial charge in [-0.3, -0.25) is 0 Å². The normalized spacial score (nSPS) is 17.3. The Morgan fingerprint density at radius 1 is 1.17 bits per heavy atom. The second kappa shape index (κ2) is 9.11. The van der Waals surface area contributed by atoms with Crippen LogP contribution in [0, 0.1) is 0 Å². The lowest BCUT2D eigenvalue weighted by Gasteiger charge is -2.32. The largest absolute Gasteiger partial charge is 0.365 e. The van der Waals surface area contributed by atoms with Crippen LogP contribution in [0.5, 0.6) is 0 Å². The van der Waals surface area contributed by atoms with E-state index >= 15 is 0 Å². The zero-order valence-corrected chi connectivity index (χ0v) is 12.1. The van der Waals surface area contributed by atoms with Gasteiger partial charge in [0.25, 0.3) is 0 Å². The SMILES string of the molecule is CC.CN1CCN(CCCCc2ccon2)CC1. The molecule has 0 saturated carbocycles. The molecule has 1 saturated heterocycles. The van der Waals surface area contributed by atoms with Gasteiger partial charge >= 0.3 is 0 Å². The summed E-state index contributed by atoms with van der Waals surface area (Å²) in [6.45, 7) is 10.1. The standard InChI is InChI=1S/C12H21N3O.C2H6/c1-14-7-9-15(10-8-14)6-3-2-4-12-5-11-16-13-12;1-2/h5,11H,2-4,6-10H2,1H3;1-2H3. The van der Waals surface area contributed by atoms with Gasteiger partial charge in [0.1, 0.15) is 6.26 Å². The van der Waals surface area contributed by atoms with Gasteiger partial charge in [0, 0.05) is 32.2 Å². The first-order valence-electron chi connectivity index (χ1n) is 7.15. The number of nitrogens with zero attached hydrogens (tertiary/aromatic N) is 3. The predicted molar refractivity (Wildman–Crippen MR) is 74.7 cm³/mol. The number of aryl methyl sites for hydroxylation is 1. The first kappa shape index (κ1) is 15.2. The van der Waals surface area contributed by atoms with Crippen molar-refractivity contribution in [1.82, 2.24) is 15.0 Å². The molecule has 0 atom stereocenters. The van der Waals surface area contributed by atoms with Crippen LogP contribution in [0.25, 0.3) is 0 Å². The van der Waals surface area contributed by atoms with Crippen molar-refractivity contribution in [3.63, 3.8) is 0 Å². The third-order valence-corrected chi connectivity index (χ3v) is 3.24. The fourth-order valence-corrected chi connectivity index (χ4v) is 2.08. The highest BCUT2D eigenvalue weighted by Gasteiger charge is 2.12. The number of unbranched alkanes of at least 4 members (excludes halogenated alkanes) is 1. The Hall–Kier alpha value is -0.870. The predicted octanol–water partition coefficient (Wildman–Crippen LogP) is 2.27. The van der Waals surface area contributed by atoms with E-state index in [1.807, 2.05) is 19.9 Å². The average molecular weight is 253 g/mol. The maximum atomic E-state index is 4.81. The number of rotatable bonds is 5. The first-order valence-corrected chi connectivity index (χ1v) is 7.15. The number of piperazine rings is 1. The molecule has 0 spiro atoms. The molecule has 4 heteroatoms. The molecular weight excluding hydrogens is 226 g/mol. The van der Waals surface area contributed by atoms with Gasteiger partial charge in [0.05, 0.1) is 5.69 Å². The van der Waals surface area contributed by atoms with Crippen molar-refractivity contribution < 1.29 is 4.52 Å². The van der Waals surface area contributed by atoms with Crippen LogP contribution in [0.15, 0.2) is 16.9 Å². The highest BCUT2D eigenvalue weighted by atomic mass is 16.5. The Kier molecular flexibility index (Phi) is 7.69. The van der Waals surface area contributed by atoms with Crippen LogP contribution in [0.2, 0.25) is 0 Å². The van der Waals surface area contributed by atoms with E-state index in [1.54, 1.807) is 6.26 Å². The molecule has 2 heterocycles. The summed E-state index contributed by atoms with van der Waals surface area (Å²) in [5.41, 5.74) is 1.08. The molecule has 1 fully saturated rings. The average Bonchev–Trinajstić information content (AvgIpc) is 2.92. The Bertz CT molecular complexity index is 279. The number of likely N-dealkylation sites (N-methyl/N-ethyl adjacent to an activating group) is 1. The van der Waals surface area contributed by atoms with Crippen LogP contribution in [-0.2, 0) is 6.42 Å². The molecule has 0 amide bonds. The maximum absolute atomic E-state index is 4.81. The minimum atomic E-state index is 1.05. The molecule has 1 aromatic heterocycles. The van der Waals surface area contributed by atoms with Gasteiger partial charge in [-0.25, -0.2) is 0 Å². The molecule has 4 nitrogen and oxygen atoms in total. The van der Waals surface area contributed by atoms with E-state index in [0.717, 1.165) is 12.1 Å². The van der Waals surface area contributed by atoms with E-state index < -0.39 is 0 Å². The van der Waals surface area contributed by atoms with E-state index in [-0.39, 0.29) is 0 Å². The van der Waals surface area contributed by atoms with Crippen LogP contribution in [0.1, 0.15) is 32.4 Å². The van der Waals surface area contributed by atoms with E-state index in [0.29, 0.717) is 0 Å². The van der Waals surface area contributed by atoms with Crippen LogP contribution in [-0.4, -0.2) is 54.7 Å². The molecule has 1 aliphatic heterocycles. The van der Waals surface area contributed by atoms with E-state index in [4.69, 9.17) is 4.52 Å². The Labute approximate surface area is 111 Å². The van der Waals surface area contributed by atoms with E-state index in [2.05, 4.69) is 22.0 Å². The molecule has 0 aliphatic carbocycles. The quantitative estimate of drug-likeness (QED) is 0.754. The lowest BCUT2D eigenvalue weighted by Crippen LogP contribution is -2.44. The molecule has 104 valence electrons. The van der Waals surface area contributed by atoms with Gasteiger partial charge in [-0.1, -0.05) is 19.0 Å². The third-order valence-electron chi connectivity index (χ3n) is 3.24. The molecule has 1 aliphatic rings. The van der Waals surface area contributed by atoms with Gasteiger partial charge in [-0.05, 0) is 32.9 Å². The van der Waals surface area contributed by atoms with Crippen LogP contribution >= 0.6 is 0 Å². The molecule has 0 aromatic carbocycles. The van der Waals surface area contributed by atoms with Gasteiger partial charge in [0.2, 0.25) is 0 Å². The highest BCUT2D eigenvalue weighted by Crippen LogP contribution is 2.05. The smallest absolute Gasteiger partial charge is 0.124 e. The lowest BCUT2D eigenvalue weighted by atomic mass is 10.2. The summed E-state index contributed by atoms with van der Waals surface area (Å²) in [6, 6.07) is 1.95. The minimum Gasteiger partial charge on any atom is -0.365 e. The summed E-state index contributed by atoms with van der Waals surface area (Å²) in [4.78, 5) is 4.95. The second-order valence-corrected chi connectivity index (χ2v) is 4.59. The Morgan fingerprint density at radius 3 is 2.50 bits per heavy atom. The highest BCUT2D eigenvalue weighted by molar-refractivity contribution is 4.94. The second-order valence-electron chi connectivity index (χ2n) is 4.59. The molecule has 18 heavy (non-hydrogen) atoms. The summed E-state index contributed by atoms with van der Waals surface area (Å²) >= 11 is 0. The molecule has 2 rings (SSSR count). The Morgan fingerprint density at radius 2 is 1.89 bits per heavy atom. The molecule has 0 N–H and O–H groups in total. The summed E-state index contributed by atoms with van der Waals surface area (Å²) in [5.74, 6) is 0. The fraction of sp³-hybridized carbons (Fsp3) is 0.786. The summed E-state index contributed by atoms with van der Waals surface area (Å²) in [5, 5.41) is 3.92. The van der Waals surface area contributed by atoms with Crippen molar-refractivity contribution in [2.24, 2.45) is 0 Å². The molecule has 0 unspecified atom stereocenters. The van der Waals surface area contributed by atoms with Crippen LogP contribution < -0.4 is 0 Å². The number of hydrogen-bond donors (Lipinski definition) is 0. The molecule has 0 bridgehead atoms. The van der Waals surface area contributed by atoms with Crippen molar-refractivity contribution in [2.45, 2.75) is 33.1 Å². The van der Waals surface area contributed by atoms with Crippen LogP contribution in [0.4, 0.5) is 0 Å². The monoisotopic (exact) mass is 253 g/mol. The van der Waals surface area contributed by atoms with E-state index in [1.165, 1.54) is 45.6 Å². The molecular formula is C14H27N3O. The summed E-state index contributed by atoms with van der Waals surface area (Å²) in [6.07, 6.45) is 5.16. The fourth-order valence-electron chi connectivity index (χ4n) is 2.08. The summed E-state index contributed by atoms with van der Waals surface area (Å²) < 4.78 is 4.81. The van der Waals surface area contributed by atoms with Gasteiger partial charge in [0.15, 0.2) is 0 Å². The van der Waals surface area contributed by atoms with E-state index in [9.17, 15) is 0 Å². The zero-order valence-electron chi connectivity index (χ0n) is 12.1. The van der Waals surface area contributed by atoms with Crippen molar-refractivity contribution >= 4 is 0 Å². The molecule has 0 radical (unpaired) electrons. The zero-order chi connectivity index (χ0) is 13.2. The summed E-state index contributed by atoms with van der Waals surface area (Å²) in [7, 11) is 2.20. The minimum absolute atomic E-state index is 1.05. The van der Waals surface area contributed by atoms with Crippen molar-refractivity contribution in [3.05, 3.63) is 18.0 Å². The lowest BCUT2D eigenvalue weighted by molar-refractivity contribution is 0.152. The maximum Gasteiger partial charge on any atom is 0.124 e. The van der Waals surface area contributed by atoms with Crippen LogP contribution in [0.3, 0.4) is 0 Å². The van der Waals surface area contributed by atoms with Gasteiger partial charge < -0.3 is 14.3 Å². The number of aromatic nitrogens is 1. The van der Waals surface area contributed by atoms with Gasteiger partial charge in [-0.15, -0.1) is 0 Å². The first-order chi connectivity index (χ1) is 8.84. The van der Waals surface area contributed by atoms with Crippen molar-refractivity contribution in [3.8, 4) is 0 Å². The third kappa shape index (κ3) is 5.65. The number of hydrogen-bond acceptors (Lipinski definition) is 4. The molecule has 1 aromatic rings. The Balaban J connectivity index is 0.000000771. The van der Waals surface area contributed by atoms with Gasteiger partial charge in [-0.2, -0.15) is 0 Å². The topological polar surface area (TPSA) is 32.5 Å².